The molecule has 0 spiro atoms. The van der Waals surface area contributed by atoms with E-state index >= 15 is 0 Å². The third-order valence-corrected chi connectivity index (χ3v) is 6.11. The highest BCUT2D eigenvalue weighted by molar-refractivity contribution is 6.07. The number of amides is 1. The molecule has 1 aliphatic rings. The van der Waals surface area contributed by atoms with Crippen molar-refractivity contribution in [1.82, 2.24) is 4.57 Å². The van der Waals surface area contributed by atoms with Gasteiger partial charge in [0.15, 0.2) is 17.6 Å². The van der Waals surface area contributed by atoms with E-state index in [2.05, 4.69) is 5.32 Å². The summed E-state index contributed by atoms with van der Waals surface area (Å²) in [6.07, 6.45) is -0.835. The van der Waals surface area contributed by atoms with Crippen molar-refractivity contribution in [1.29, 1.82) is 0 Å². The molecule has 0 fully saturated rings. The molecular weight excluding hydrogens is 460 g/mol. The molecule has 1 amide bonds. The van der Waals surface area contributed by atoms with Gasteiger partial charge in [-0.3, -0.25) is 9.59 Å². The molecule has 3 aromatic carbocycles. The van der Waals surface area contributed by atoms with Crippen LogP contribution in [0, 0.1) is 0 Å². The summed E-state index contributed by atoms with van der Waals surface area (Å²) in [5.74, 6) is -0.128. The number of esters is 1. The largest absolute Gasteiger partial charge is 0.454 e. The van der Waals surface area contributed by atoms with Gasteiger partial charge in [-0.15, -0.1) is 0 Å². The quantitative estimate of drug-likeness (QED) is 0.405. The molecule has 1 aliphatic heterocycles. The van der Waals surface area contributed by atoms with Crippen molar-refractivity contribution in [3.63, 3.8) is 0 Å². The van der Waals surface area contributed by atoms with Crippen LogP contribution in [0.2, 0.25) is 0 Å². The molecule has 0 saturated carbocycles. The molecule has 36 heavy (non-hydrogen) atoms. The van der Waals surface area contributed by atoms with Gasteiger partial charge in [-0.25, -0.2) is 4.79 Å². The second-order valence-electron chi connectivity index (χ2n) is 8.36. The van der Waals surface area contributed by atoms with Crippen LogP contribution < -0.4 is 20.3 Å². The number of nitrogens with zero attached hydrogens (tertiary/aromatic N) is 1. The van der Waals surface area contributed by atoms with Gasteiger partial charge in [-0.05, 0) is 35.6 Å². The number of carbonyl (C=O) groups is 2. The minimum Gasteiger partial charge on any atom is -0.454 e. The van der Waals surface area contributed by atoms with Crippen molar-refractivity contribution < 1.29 is 23.8 Å². The number of hydrogen-bond donors (Lipinski definition) is 1. The Morgan fingerprint density at radius 2 is 1.67 bits per heavy atom. The molecule has 1 N–H and O–H groups in total. The first-order valence-electron chi connectivity index (χ1n) is 11.6. The molecule has 8 heteroatoms. The average molecular weight is 485 g/mol. The Labute approximate surface area is 207 Å². The van der Waals surface area contributed by atoms with E-state index in [4.69, 9.17) is 14.2 Å². The fourth-order valence-corrected chi connectivity index (χ4v) is 4.31. The summed E-state index contributed by atoms with van der Waals surface area (Å²) >= 11 is 0. The number of hydrogen-bond acceptors (Lipinski definition) is 6. The monoisotopic (exact) mass is 484 g/mol. The van der Waals surface area contributed by atoms with Crippen LogP contribution >= 0.6 is 0 Å². The fraction of sp³-hybridized carbons (Fsp3) is 0.179. The topological polar surface area (TPSA) is 95.9 Å². The average Bonchev–Trinajstić information content (AvgIpc) is 3.37. The number of fused-ring (bicyclic) bond motifs is 2. The van der Waals surface area contributed by atoms with E-state index in [1.807, 2.05) is 36.4 Å². The Hall–Kier alpha value is -4.59. The van der Waals surface area contributed by atoms with E-state index in [0.29, 0.717) is 33.5 Å². The molecule has 8 nitrogen and oxygen atoms in total. The van der Waals surface area contributed by atoms with Crippen LogP contribution in [0.3, 0.4) is 0 Å². The van der Waals surface area contributed by atoms with Crippen LogP contribution in [-0.4, -0.2) is 29.3 Å². The van der Waals surface area contributed by atoms with Gasteiger partial charge in [-0.2, -0.15) is 0 Å². The maximum Gasteiger partial charge on any atom is 0.356 e. The third kappa shape index (κ3) is 4.17. The highest BCUT2D eigenvalue weighted by Crippen LogP contribution is 2.34. The van der Waals surface area contributed by atoms with Crippen LogP contribution in [0.25, 0.3) is 21.9 Å². The van der Waals surface area contributed by atoms with Crippen molar-refractivity contribution in [2.45, 2.75) is 19.4 Å². The van der Waals surface area contributed by atoms with E-state index in [1.54, 1.807) is 43.3 Å². The third-order valence-electron chi connectivity index (χ3n) is 6.11. The van der Waals surface area contributed by atoms with Gasteiger partial charge in [-0.1, -0.05) is 55.5 Å². The Kier molecular flexibility index (Phi) is 6.16. The van der Waals surface area contributed by atoms with Crippen LogP contribution in [0.5, 0.6) is 11.5 Å². The van der Waals surface area contributed by atoms with Crippen LogP contribution in [-0.2, 0) is 16.6 Å². The number of anilines is 1. The summed E-state index contributed by atoms with van der Waals surface area (Å²) in [5, 5.41) is 3.89. The second kappa shape index (κ2) is 9.58. The number of pyridine rings is 1. The summed E-state index contributed by atoms with van der Waals surface area (Å²) in [6, 6.07) is 21.5. The highest BCUT2D eigenvalue weighted by atomic mass is 16.7. The van der Waals surface area contributed by atoms with Gasteiger partial charge in [0.1, 0.15) is 5.69 Å². The number of benzene rings is 3. The van der Waals surface area contributed by atoms with Crippen molar-refractivity contribution >= 4 is 28.3 Å². The van der Waals surface area contributed by atoms with E-state index in [1.165, 1.54) is 11.6 Å². The van der Waals surface area contributed by atoms with E-state index in [9.17, 15) is 14.4 Å². The first-order valence-corrected chi connectivity index (χ1v) is 11.6. The molecule has 1 atom stereocenters. The van der Waals surface area contributed by atoms with Gasteiger partial charge in [0.05, 0.1) is 0 Å². The predicted molar refractivity (Wildman–Crippen MR) is 135 cm³/mol. The van der Waals surface area contributed by atoms with Crippen LogP contribution in [0.1, 0.15) is 23.8 Å². The van der Waals surface area contributed by atoms with E-state index < -0.39 is 18.0 Å². The molecule has 182 valence electrons. The predicted octanol–water partition coefficient (Wildman–Crippen LogP) is 4.51. The SMILES string of the molecule is CCC(OC(=O)c1c(-c2ccccc2)c2ccccc2c(=O)n1C)C(=O)Nc1ccc2c(c1)OCO2. The molecule has 5 rings (SSSR count). The minimum absolute atomic E-state index is 0.0826. The number of aromatic nitrogens is 1. The second-order valence-corrected chi connectivity index (χ2v) is 8.36. The first kappa shape index (κ1) is 23.2. The first-order chi connectivity index (χ1) is 17.5. The van der Waals surface area contributed by atoms with Crippen LogP contribution in [0.4, 0.5) is 5.69 Å². The van der Waals surface area contributed by atoms with E-state index in [0.717, 1.165) is 5.56 Å². The van der Waals surface area contributed by atoms with Crippen molar-refractivity contribution in [2.75, 3.05) is 12.1 Å². The Morgan fingerprint density at radius 3 is 2.42 bits per heavy atom. The van der Waals surface area contributed by atoms with Gasteiger partial charge >= 0.3 is 5.97 Å². The summed E-state index contributed by atoms with van der Waals surface area (Å²) in [5.41, 5.74) is 1.58. The molecule has 1 unspecified atom stereocenters. The molecule has 0 saturated heterocycles. The zero-order valence-electron chi connectivity index (χ0n) is 19.8. The lowest BCUT2D eigenvalue weighted by atomic mass is 9.97. The smallest absolute Gasteiger partial charge is 0.356 e. The summed E-state index contributed by atoms with van der Waals surface area (Å²) < 4.78 is 17.6. The van der Waals surface area contributed by atoms with Gasteiger partial charge in [0, 0.05) is 29.8 Å². The Bertz CT molecular complexity index is 1530. The number of carbonyl (C=O) groups excluding carboxylic acids is 2. The molecule has 1 aromatic heterocycles. The highest BCUT2D eigenvalue weighted by Gasteiger charge is 2.28. The Balaban J connectivity index is 1.49. The van der Waals surface area contributed by atoms with Crippen molar-refractivity contribution in [3.8, 4) is 22.6 Å². The zero-order valence-corrected chi connectivity index (χ0v) is 19.8. The lowest BCUT2D eigenvalue weighted by molar-refractivity contribution is -0.124. The molecule has 2 heterocycles. The lowest BCUT2D eigenvalue weighted by Crippen LogP contribution is -2.34. The summed E-state index contributed by atoms with van der Waals surface area (Å²) in [6.45, 7) is 1.87. The molecule has 0 aliphatic carbocycles. The number of nitrogens with one attached hydrogen (secondary N) is 1. The minimum atomic E-state index is -1.08. The molecule has 0 bridgehead atoms. The van der Waals surface area contributed by atoms with E-state index in [-0.39, 0.29) is 24.5 Å². The number of rotatable bonds is 6. The standard InChI is InChI=1S/C28H24N2O6/c1-3-21(26(31)29-18-13-14-22-23(15-18)35-16-34-22)36-28(33)25-24(17-9-5-4-6-10-17)19-11-7-8-12-20(19)27(32)30(25)2/h4-15,21H,3,16H2,1-2H3,(H,29,31). The summed E-state index contributed by atoms with van der Waals surface area (Å²) in [4.78, 5) is 39.7. The van der Waals surface area contributed by atoms with Gasteiger partial charge in [0.25, 0.3) is 11.5 Å². The fourth-order valence-electron chi connectivity index (χ4n) is 4.31. The maximum absolute atomic E-state index is 13.5. The van der Waals surface area contributed by atoms with Gasteiger partial charge in [0.2, 0.25) is 6.79 Å². The van der Waals surface area contributed by atoms with Crippen LogP contribution in [0.15, 0.2) is 77.6 Å². The summed E-state index contributed by atoms with van der Waals surface area (Å²) in [7, 11) is 1.53. The van der Waals surface area contributed by atoms with Crippen molar-refractivity contribution in [3.05, 3.63) is 88.8 Å². The van der Waals surface area contributed by atoms with Crippen molar-refractivity contribution in [2.24, 2.45) is 7.05 Å². The molecular formula is C28H24N2O6. The number of ether oxygens (including phenoxy) is 3. The molecule has 0 radical (unpaired) electrons. The maximum atomic E-state index is 13.5. The Morgan fingerprint density at radius 1 is 0.972 bits per heavy atom. The van der Waals surface area contributed by atoms with Gasteiger partial charge < -0.3 is 24.1 Å². The normalized spacial score (nSPS) is 12.8. The zero-order chi connectivity index (χ0) is 25.2. The molecule has 4 aromatic rings. The lowest BCUT2D eigenvalue weighted by Gasteiger charge is -2.20.